The van der Waals surface area contributed by atoms with Gasteiger partial charge in [0.1, 0.15) is 11.9 Å². The summed E-state index contributed by atoms with van der Waals surface area (Å²) in [6.45, 7) is 2.29. The van der Waals surface area contributed by atoms with E-state index in [0.717, 1.165) is 21.9 Å². The predicted octanol–water partition coefficient (Wildman–Crippen LogP) is 7.17. The molecular weight excluding hydrogens is 528 g/mol. The zero-order valence-corrected chi connectivity index (χ0v) is 25.0. The van der Waals surface area contributed by atoms with Crippen LogP contribution in [0, 0.1) is 0 Å². The van der Waals surface area contributed by atoms with Gasteiger partial charge in [-0.2, -0.15) is 0 Å². The van der Waals surface area contributed by atoms with E-state index in [0.29, 0.717) is 0 Å². The van der Waals surface area contributed by atoms with Gasteiger partial charge < -0.3 is 9.26 Å². The Hall–Kier alpha value is -3.32. The summed E-state index contributed by atoms with van der Waals surface area (Å²) < 4.78 is 15.6. The number of likely N-dealkylation sites (N-methyl/N-ethyl adjacent to an activating group) is 1. The minimum absolute atomic E-state index is 0.0670. The van der Waals surface area contributed by atoms with E-state index in [1.165, 1.54) is 10.6 Å². The standard InChI is InChI=1S/C35H35NO2P2/c1-28(36(2)39(30-20-10-5-11-21-30)31-22-12-6-13-23-31)35(29-18-8-4-9-19-29)38-40(32-24-14-7-15-25-32)34-27-17-16-26-33(34)37-3/h4-28,35H,1-3H3/t28-,35+,40-/m0/s1. The Morgan fingerprint density at radius 2 is 1.02 bits per heavy atom. The van der Waals surface area contributed by atoms with Crippen LogP contribution in [0.3, 0.4) is 0 Å². The maximum Gasteiger partial charge on any atom is 0.129 e. The van der Waals surface area contributed by atoms with Crippen LogP contribution in [0.2, 0.25) is 0 Å². The van der Waals surface area contributed by atoms with Crippen LogP contribution in [0.4, 0.5) is 0 Å². The molecule has 0 amide bonds. The van der Waals surface area contributed by atoms with Crippen molar-refractivity contribution in [2.24, 2.45) is 0 Å². The van der Waals surface area contributed by atoms with E-state index in [9.17, 15) is 0 Å². The molecular formula is C35H35NO2P2. The number of para-hydroxylation sites is 1. The van der Waals surface area contributed by atoms with Gasteiger partial charge in [-0.15, -0.1) is 0 Å². The summed E-state index contributed by atoms with van der Waals surface area (Å²) >= 11 is 0. The molecule has 0 fully saturated rings. The molecule has 0 heterocycles. The first kappa shape index (κ1) is 28.2. The molecule has 5 aromatic carbocycles. The molecule has 0 unspecified atom stereocenters. The Morgan fingerprint density at radius 1 is 0.575 bits per heavy atom. The summed E-state index contributed by atoms with van der Waals surface area (Å²) in [5, 5.41) is 4.88. The highest BCUT2D eigenvalue weighted by Gasteiger charge is 2.33. The van der Waals surface area contributed by atoms with Crippen LogP contribution in [0.25, 0.3) is 0 Å². The fourth-order valence-corrected chi connectivity index (χ4v) is 9.32. The predicted molar refractivity (Wildman–Crippen MR) is 172 cm³/mol. The number of rotatable bonds is 11. The summed E-state index contributed by atoms with van der Waals surface area (Å²) in [7, 11) is 2.02. The maximum atomic E-state index is 7.31. The fraction of sp³-hybridized carbons (Fsp3) is 0.143. The minimum Gasteiger partial charge on any atom is -0.496 e. The molecule has 5 rings (SSSR count). The van der Waals surface area contributed by atoms with E-state index >= 15 is 0 Å². The third-order valence-corrected chi connectivity index (χ3v) is 11.6. The molecule has 0 spiro atoms. The molecule has 202 valence electrons. The SMILES string of the molecule is COc1ccccc1[P@@](O[C@@H](c1ccccc1)[C@H](C)N(C)P(c1ccccc1)c1ccccc1)c1ccccc1. The number of nitrogens with zero attached hydrogens (tertiary/aromatic N) is 1. The van der Waals surface area contributed by atoms with Crippen molar-refractivity contribution < 1.29 is 9.26 Å². The zero-order valence-electron chi connectivity index (χ0n) is 23.2. The summed E-state index contributed by atoms with van der Waals surface area (Å²) in [6, 6.07) is 51.1. The van der Waals surface area contributed by atoms with Crippen molar-refractivity contribution >= 4 is 37.4 Å². The van der Waals surface area contributed by atoms with Gasteiger partial charge in [0, 0.05) is 24.7 Å². The van der Waals surface area contributed by atoms with Gasteiger partial charge >= 0.3 is 0 Å². The normalized spacial score (nSPS) is 13.6. The number of methoxy groups -OCH3 is 1. The Morgan fingerprint density at radius 3 is 1.55 bits per heavy atom. The van der Waals surface area contributed by atoms with Gasteiger partial charge in [-0.05, 0) is 42.3 Å². The van der Waals surface area contributed by atoms with Crippen LogP contribution >= 0.6 is 16.2 Å². The van der Waals surface area contributed by atoms with Gasteiger partial charge in [-0.3, -0.25) is 4.67 Å². The van der Waals surface area contributed by atoms with E-state index in [-0.39, 0.29) is 12.1 Å². The molecule has 0 saturated carbocycles. The third kappa shape index (κ3) is 6.52. The highest BCUT2D eigenvalue weighted by atomic mass is 31.1. The van der Waals surface area contributed by atoms with Gasteiger partial charge in [0.05, 0.1) is 15.3 Å². The first-order valence-corrected chi connectivity index (χ1v) is 16.1. The van der Waals surface area contributed by atoms with Crippen LogP contribution < -0.4 is 26.0 Å². The number of ether oxygens (including phenoxy) is 1. The van der Waals surface area contributed by atoms with Crippen molar-refractivity contribution in [1.29, 1.82) is 0 Å². The van der Waals surface area contributed by atoms with E-state index in [1.54, 1.807) is 7.11 Å². The van der Waals surface area contributed by atoms with Crippen LogP contribution in [0.15, 0.2) is 146 Å². The van der Waals surface area contributed by atoms with E-state index in [4.69, 9.17) is 9.26 Å². The van der Waals surface area contributed by atoms with Crippen molar-refractivity contribution in [2.45, 2.75) is 19.1 Å². The first-order valence-electron chi connectivity index (χ1n) is 13.5. The molecule has 0 saturated heterocycles. The van der Waals surface area contributed by atoms with Crippen molar-refractivity contribution in [2.75, 3.05) is 14.2 Å². The molecule has 5 aromatic rings. The number of hydrogen-bond donors (Lipinski definition) is 0. The fourth-order valence-electron chi connectivity index (χ4n) is 4.83. The molecule has 0 aliphatic carbocycles. The molecule has 0 aromatic heterocycles. The lowest BCUT2D eigenvalue weighted by molar-refractivity contribution is 0.154. The molecule has 5 heteroatoms. The lowest BCUT2D eigenvalue weighted by Crippen LogP contribution is -2.37. The Labute approximate surface area is 241 Å². The van der Waals surface area contributed by atoms with Gasteiger partial charge in [0.15, 0.2) is 0 Å². The van der Waals surface area contributed by atoms with Gasteiger partial charge in [-0.1, -0.05) is 133 Å². The first-order chi connectivity index (χ1) is 19.7. The minimum atomic E-state index is -1.17. The Kier molecular flexibility index (Phi) is 9.76. The summed E-state index contributed by atoms with van der Waals surface area (Å²) in [4.78, 5) is 0. The largest absolute Gasteiger partial charge is 0.496 e. The second-order valence-corrected chi connectivity index (χ2v) is 13.6. The van der Waals surface area contributed by atoms with Crippen molar-refractivity contribution in [3.8, 4) is 5.75 Å². The molecule has 3 nitrogen and oxygen atoms in total. The van der Waals surface area contributed by atoms with Crippen LogP contribution in [0.1, 0.15) is 18.6 Å². The maximum absolute atomic E-state index is 7.31. The topological polar surface area (TPSA) is 21.7 Å². The average molecular weight is 564 g/mol. The summed E-state index contributed by atoms with van der Waals surface area (Å²) in [5.74, 6) is 0.848. The van der Waals surface area contributed by atoms with E-state index in [1.807, 2.05) is 12.1 Å². The third-order valence-electron chi connectivity index (χ3n) is 6.99. The van der Waals surface area contributed by atoms with Gasteiger partial charge in [-0.25, -0.2) is 0 Å². The van der Waals surface area contributed by atoms with Crippen LogP contribution in [-0.4, -0.2) is 24.9 Å². The summed E-state index contributed by atoms with van der Waals surface area (Å²) in [6.07, 6.45) is -0.181. The van der Waals surface area contributed by atoms with Crippen LogP contribution in [-0.2, 0) is 4.52 Å². The average Bonchev–Trinajstić information content (AvgIpc) is 3.03. The monoisotopic (exact) mass is 563 g/mol. The molecule has 0 aliphatic rings. The Bertz CT molecular complexity index is 1410. The second kappa shape index (κ2) is 13.8. The molecule has 0 bridgehead atoms. The van der Waals surface area contributed by atoms with Gasteiger partial charge in [0.25, 0.3) is 0 Å². The second-order valence-electron chi connectivity index (χ2n) is 9.54. The molecule has 0 radical (unpaired) electrons. The number of benzene rings is 5. The van der Waals surface area contributed by atoms with Crippen LogP contribution in [0.5, 0.6) is 5.75 Å². The lowest BCUT2D eigenvalue weighted by Gasteiger charge is -2.39. The lowest BCUT2D eigenvalue weighted by atomic mass is 10.0. The van der Waals surface area contributed by atoms with Crippen molar-refractivity contribution in [1.82, 2.24) is 4.67 Å². The number of hydrogen-bond acceptors (Lipinski definition) is 3. The summed E-state index contributed by atoms with van der Waals surface area (Å²) in [5.41, 5.74) is 1.16. The van der Waals surface area contributed by atoms with Crippen molar-refractivity contribution in [3.05, 3.63) is 151 Å². The molecule has 0 N–H and O–H groups in total. The van der Waals surface area contributed by atoms with E-state index in [2.05, 4.69) is 152 Å². The van der Waals surface area contributed by atoms with Gasteiger partial charge in [0.2, 0.25) is 0 Å². The zero-order chi connectivity index (χ0) is 27.7. The Balaban J connectivity index is 1.58. The highest BCUT2D eigenvalue weighted by molar-refractivity contribution is 7.70. The van der Waals surface area contributed by atoms with Crippen molar-refractivity contribution in [3.63, 3.8) is 0 Å². The molecule has 40 heavy (non-hydrogen) atoms. The van der Waals surface area contributed by atoms with E-state index < -0.39 is 16.2 Å². The quantitative estimate of drug-likeness (QED) is 0.159. The highest BCUT2D eigenvalue weighted by Crippen LogP contribution is 2.48. The smallest absolute Gasteiger partial charge is 0.129 e. The molecule has 0 aliphatic heterocycles. The molecule has 3 atom stereocenters.